The van der Waals surface area contributed by atoms with Gasteiger partial charge in [0.2, 0.25) is 0 Å². The summed E-state index contributed by atoms with van der Waals surface area (Å²) in [6, 6.07) is 12.1. The fourth-order valence-corrected chi connectivity index (χ4v) is 3.43. The maximum atomic E-state index is 13.5. The van der Waals surface area contributed by atoms with Crippen LogP contribution in [0.5, 0.6) is 0 Å². The Morgan fingerprint density at radius 3 is 2.14 bits per heavy atom. The first-order chi connectivity index (χ1) is 9.87. The van der Waals surface area contributed by atoms with E-state index in [2.05, 4.69) is 0 Å². The molecule has 0 aliphatic heterocycles. The van der Waals surface area contributed by atoms with Crippen molar-refractivity contribution in [3.05, 3.63) is 65.5 Å². The predicted octanol–water partition coefficient (Wildman–Crippen LogP) is 2.53. The highest BCUT2D eigenvalue weighted by molar-refractivity contribution is 7.89. The van der Waals surface area contributed by atoms with Gasteiger partial charge in [0.1, 0.15) is 5.69 Å². The zero-order valence-electron chi connectivity index (χ0n) is 11.0. The van der Waals surface area contributed by atoms with E-state index in [4.69, 9.17) is 10.4 Å². The predicted molar refractivity (Wildman–Crippen MR) is 75.2 cm³/mol. The summed E-state index contributed by atoms with van der Waals surface area (Å²) in [5.74, 6) is -1.37. The fourth-order valence-electron chi connectivity index (χ4n) is 1.94. The Labute approximate surface area is 121 Å². The summed E-state index contributed by atoms with van der Waals surface area (Å²) >= 11 is 0. The molecule has 0 fully saturated rings. The van der Waals surface area contributed by atoms with Gasteiger partial charge in [0.25, 0.3) is 0 Å². The van der Waals surface area contributed by atoms with Crippen molar-refractivity contribution >= 4 is 15.5 Å². The van der Waals surface area contributed by atoms with E-state index in [1.54, 1.807) is 30.3 Å². The SMILES string of the molecule is O=S(=O)(Cc1ccccc1)Cc1ccc(N(O)O)c(F)c1. The molecule has 0 heterocycles. The largest absolute Gasteiger partial charge is 0.264 e. The summed E-state index contributed by atoms with van der Waals surface area (Å²) < 4.78 is 37.7. The van der Waals surface area contributed by atoms with E-state index < -0.39 is 21.3 Å². The molecule has 0 aromatic heterocycles. The summed E-state index contributed by atoms with van der Waals surface area (Å²) in [4.78, 5) is 0. The van der Waals surface area contributed by atoms with Crippen molar-refractivity contribution in [1.82, 2.24) is 0 Å². The summed E-state index contributed by atoms with van der Waals surface area (Å²) in [6.07, 6.45) is 0. The van der Waals surface area contributed by atoms with Crippen LogP contribution in [0.1, 0.15) is 11.1 Å². The third-order valence-electron chi connectivity index (χ3n) is 2.84. The Morgan fingerprint density at radius 2 is 1.57 bits per heavy atom. The van der Waals surface area contributed by atoms with Crippen LogP contribution in [0.2, 0.25) is 0 Å². The monoisotopic (exact) mass is 311 g/mol. The maximum Gasteiger partial charge on any atom is 0.158 e. The van der Waals surface area contributed by atoms with Gasteiger partial charge >= 0.3 is 0 Å². The molecule has 0 saturated carbocycles. The third-order valence-corrected chi connectivity index (χ3v) is 4.39. The molecule has 2 rings (SSSR count). The van der Waals surface area contributed by atoms with Gasteiger partial charge in [0, 0.05) is 0 Å². The average Bonchev–Trinajstić information content (AvgIpc) is 2.38. The molecule has 0 amide bonds. The number of benzene rings is 2. The lowest BCUT2D eigenvalue weighted by Crippen LogP contribution is -2.13. The fraction of sp³-hybridized carbons (Fsp3) is 0.143. The minimum absolute atomic E-state index is 0.136. The molecule has 5 nitrogen and oxygen atoms in total. The molecule has 0 bridgehead atoms. The third kappa shape index (κ3) is 4.25. The average molecular weight is 311 g/mol. The zero-order chi connectivity index (χ0) is 15.5. The summed E-state index contributed by atoms with van der Waals surface area (Å²) in [5, 5.41) is 17.2. The van der Waals surface area contributed by atoms with E-state index in [1.165, 1.54) is 6.07 Å². The Hall–Kier alpha value is -1.96. The van der Waals surface area contributed by atoms with Crippen molar-refractivity contribution in [2.75, 3.05) is 5.23 Å². The Morgan fingerprint density at radius 1 is 0.952 bits per heavy atom. The molecule has 2 aromatic carbocycles. The van der Waals surface area contributed by atoms with Crippen molar-refractivity contribution in [1.29, 1.82) is 0 Å². The van der Waals surface area contributed by atoms with Crippen LogP contribution in [0.15, 0.2) is 48.5 Å². The van der Waals surface area contributed by atoms with Crippen LogP contribution in [-0.2, 0) is 21.3 Å². The molecule has 7 heteroatoms. The highest BCUT2D eigenvalue weighted by Crippen LogP contribution is 2.20. The highest BCUT2D eigenvalue weighted by Gasteiger charge is 2.15. The molecule has 2 N–H and O–H groups in total. The van der Waals surface area contributed by atoms with Gasteiger partial charge in [0.15, 0.2) is 15.7 Å². The molecular weight excluding hydrogens is 297 g/mol. The molecule has 0 aliphatic rings. The molecule has 0 radical (unpaired) electrons. The zero-order valence-corrected chi connectivity index (χ0v) is 11.8. The van der Waals surface area contributed by atoms with Crippen LogP contribution >= 0.6 is 0 Å². The second-order valence-electron chi connectivity index (χ2n) is 4.59. The van der Waals surface area contributed by atoms with Gasteiger partial charge in [-0.05, 0) is 23.3 Å². The lowest BCUT2D eigenvalue weighted by Gasteiger charge is -2.10. The van der Waals surface area contributed by atoms with Gasteiger partial charge in [-0.15, -0.1) is 5.23 Å². The van der Waals surface area contributed by atoms with Gasteiger partial charge in [-0.1, -0.05) is 36.4 Å². The Bertz CT molecular complexity index is 717. The maximum absolute atomic E-state index is 13.5. The molecule has 2 aromatic rings. The number of halogens is 1. The second-order valence-corrected chi connectivity index (χ2v) is 6.66. The Balaban J connectivity index is 2.15. The van der Waals surface area contributed by atoms with Gasteiger partial charge in [-0.25, -0.2) is 12.8 Å². The number of anilines is 1. The first-order valence-corrected chi connectivity index (χ1v) is 7.90. The number of rotatable bonds is 5. The molecule has 0 aliphatic carbocycles. The number of sulfone groups is 1. The van der Waals surface area contributed by atoms with E-state index in [-0.39, 0.29) is 22.3 Å². The molecule has 0 spiro atoms. The van der Waals surface area contributed by atoms with E-state index in [9.17, 15) is 12.8 Å². The van der Waals surface area contributed by atoms with Gasteiger partial charge in [-0.2, -0.15) is 0 Å². The first kappa shape index (κ1) is 15.4. The molecule has 0 unspecified atom stereocenters. The quantitative estimate of drug-likeness (QED) is 0.830. The van der Waals surface area contributed by atoms with Gasteiger partial charge in [0.05, 0.1) is 11.5 Å². The normalized spacial score (nSPS) is 11.4. The van der Waals surface area contributed by atoms with Crippen LogP contribution in [-0.4, -0.2) is 18.8 Å². The lowest BCUT2D eigenvalue weighted by atomic mass is 10.2. The van der Waals surface area contributed by atoms with E-state index in [0.29, 0.717) is 5.56 Å². The van der Waals surface area contributed by atoms with Crippen LogP contribution in [0.25, 0.3) is 0 Å². The highest BCUT2D eigenvalue weighted by atomic mass is 32.2. The molecule has 21 heavy (non-hydrogen) atoms. The van der Waals surface area contributed by atoms with Crippen LogP contribution < -0.4 is 5.23 Å². The van der Waals surface area contributed by atoms with Crippen LogP contribution in [0.3, 0.4) is 0 Å². The Kier molecular flexibility index (Phi) is 4.56. The smallest absolute Gasteiger partial charge is 0.158 e. The van der Waals surface area contributed by atoms with Gasteiger partial charge < -0.3 is 0 Å². The summed E-state index contributed by atoms with van der Waals surface area (Å²) in [5.41, 5.74) is 0.458. The molecular formula is C14H14FNO4S. The van der Waals surface area contributed by atoms with Crippen LogP contribution in [0.4, 0.5) is 10.1 Å². The van der Waals surface area contributed by atoms with Gasteiger partial charge in [-0.3, -0.25) is 10.4 Å². The van der Waals surface area contributed by atoms with Crippen molar-refractivity contribution in [2.24, 2.45) is 0 Å². The standard InChI is InChI=1S/C14H14FNO4S/c15-13-8-12(6-7-14(13)16(17)18)10-21(19,20)9-11-4-2-1-3-5-11/h1-8,17-18H,9-10H2. The number of nitrogens with zero attached hydrogens (tertiary/aromatic N) is 1. The molecule has 0 atom stereocenters. The van der Waals surface area contributed by atoms with Crippen molar-refractivity contribution in [2.45, 2.75) is 11.5 Å². The van der Waals surface area contributed by atoms with Crippen molar-refractivity contribution in [3.63, 3.8) is 0 Å². The van der Waals surface area contributed by atoms with Crippen LogP contribution in [0, 0.1) is 5.82 Å². The molecule has 0 saturated heterocycles. The minimum Gasteiger partial charge on any atom is -0.264 e. The topological polar surface area (TPSA) is 77.8 Å². The summed E-state index contributed by atoms with van der Waals surface area (Å²) in [6.45, 7) is 0. The molecule has 112 valence electrons. The first-order valence-electron chi connectivity index (χ1n) is 6.08. The minimum atomic E-state index is -3.44. The van der Waals surface area contributed by atoms with Crippen molar-refractivity contribution in [3.8, 4) is 0 Å². The number of hydrogen-bond donors (Lipinski definition) is 2. The lowest BCUT2D eigenvalue weighted by molar-refractivity contribution is 0.0272. The van der Waals surface area contributed by atoms with Crippen molar-refractivity contribution < 1.29 is 23.2 Å². The van der Waals surface area contributed by atoms with E-state index >= 15 is 0 Å². The van der Waals surface area contributed by atoms with E-state index in [0.717, 1.165) is 12.1 Å². The number of hydrogen-bond acceptors (Lipinski definition) is 5. The summed E-state index contributed by atoms with van der Waals surface area (Å²) in [7, 11) is -3.44. The van der Waals surface area contributed by atoms with E-state index in [1.807, 2.05) is 0 Å². The second kappa shape index (κ2) is 6.21.